The molecular formula is C15H26N2O3. The third-order valence-electron chi connectivity index (χ3n) is 4.14. The lowest BCUT2D eigenvalue weighted by Crippen LogP contribution is -2.45. The molecule has 1 heterocycles. The van der Waals surface area contributed by atoms with Gasteiger partial charge >= 0.3 is 0 Å². The smallest absolute Gasteiger partial charge is 0.235 e. The van der Waals surface area contributed by atoms with Crippen molar-refractivity contribution >= 4 is 11.8 Å². The van der Waals surface area contributed by atoms with Crippen molar-refractivity contribution in [1.29, 1.82) is 0 Å². The summed E-state index contributed by atoms with van der Waals surface area (Å²) in [6, 6.07) is 0. The molecule has 0 aromatic carbocycles. The molecule has 2 N–H and O–H groups in total. The molecule has 1 unspecified atom stereocenters. The van der Waals surface area contributed by atoms with E-state index in [9.17, 15) is 9.59 Å². The molecule has 2 aliphatic rings. The third kappa shape index (κ3) is 3.72. The van der Waals surface area contributed by atoms with Crippen molar-refractivity contribution in [3.63, 3.8) is 0 Å². The Morgan fingerprint density at radius 3 is 2.50 bits per heavy atom. The van der Waals surface area contributed by atoms with Crippen LogP contribution in [0.25, 0.3) is 0 Å². The molecule has 1 saturated carbocycles. The molecule has 5 heteroatoms. The molecular weight excluding hydrogens is 256 g/mol. The highest BCUT2D eigenvalue weighted by Gasteiger charge is 2.56. The van der Waals surface area contributed by atoms with Crippen molar-refractivity contribution in [3.8, 4) is 0 Å². The highest BCUT2D eigenvalue weighted by Crippen LogP contribution is 2.46. The van der Waals surface area contributed by atoms with Gasteiger partial charge in [0.1, 0.15) is 5.41 Å². The molecule has 0 bridgehead atoms. The summed E-state index contributed by atoms with van der Waals surface area (Å²) in [4.78, 5) is 24.3. The normalized spacial score (nSPS) is 23.6. The molecule has 2 rings (SSSR count). The minimum absolute atomic E-state index is 0.108. The summed E-state index contributed by atoms with van der Waals surface area (Å²) < 4.78 is 5.47. The molecule has 114 valence electrons. The summed E-state index contributed by atoms with van der Waals surface area (Å²) in [6.45, 7) is 6.19. The van der Waals surface area contributed by atoms with E-state index in [1.807, 2.05) is 0 Å². The Kier molecular flexibility index (Phi) is 5.02. The van der Waals surface area contributed by atoms with Gasteiger partial charge in [0.15, 0.2) is 0 Å². The van der Waals surface area contributed by atoms with Crippen LogP contribution in [0.1, 0.15) is 46.0 Å². The Balaban J connectivity index is 1.74. The molecule has 1 atom stereocenters. The van der Waals surface area contributed by atoms with Crippen LogP contribution in [0.4, 0.5) is 0 Å². The van der Waals surface area contributed by atoms with E-state index in [1.54, 1.807) is 0 Å². The Labute approximate surface area is 120 Å². The lowest BCUT2D eigenvalue weighted by molar-refractivity contribution is -0.137. The molecule has 2 fully saturated rings. The molecule has 1 aliphatic heterocycles. The zero-order valence-corrected chi connectivity index (χ0v) is 12.5. The van der Waals surface area contributed by atoms with Crippen LogP contribution in [0.15, 0.2) is 0 Å². The van der Waals surface area contributed by atoms with E-state index in [2.05, 4.69) is 24.5 Å². The van der Waals surface area contributed by atoms with Crippen LogP contribution >= 0.6 is 0 Å². The lowest BCUT2D eigenvalue weighted by atomic mass is 10.0. The second kappa shape index (κ2) is 6.57. The lowest BCUT2D eigenvalue weighted by Gasteiger charge is -2.17. The first-order valence-electron chi connectivity index (χ1n) is 7.73. The van der Waals surface area contributed by atoms with Gasteiger partial charge in [-0.15, -0.1) is 0 Å². The first kappa shape index (κ1) is 15.3. The molecule has 1 aliphatic carbocycles. The van der Waals surface area contributed by atoms with Crippen LogP contribution in [0, 0.1) is 11.3 Å². The van der Waals surface area contributed by atoms with E-state index in [4.69, 9.17) is 4.74 Å². The summed E-state index contributed by atoms with van der Waals surface area (Å²) in [6.07, 6.45) is 4.45. The standard InChI is InChI=1S/C15H26N2O3/c1-11(2)5-8-16-13(18)15(6-7-15)14(19)17-10-12-4-3-9-20-12/h11-12H,3-10H2,1-2H3,(H,16,18)(H,17,19). The maximum atomic E-state index is 12.2. The van der Waals surface area contributed by atoms with Crippen LogP contribution in [-0.2, 0) is 14.3 Å². The van der Waals surface area contributed by atoms with E-state index in [-0.39, 0.29) is 17.9 Å². The monoisotopic (exact) mass is 282 g/mol. The Morgan fingerprint density at radius 1 is 1.25 bits per heavy atom. The Hall–Kier alpha value is -1.10. The van der Waals surface area contributed by atoms with E-state index in [0.29, 0.717) is 31.8 Å². The van der Waals surface area contributed by atoms with Crippen LogP contribution < -0.4 is 10.6 Å². The van der Waals surface area contributed by atoms with E-state index < -0.39 is 5.41 Å². The average Bonchev–Trinajstić information content (AvgIpc) is 3.06. The van der Waals surface area contributed by atoms with Gasteiger partial charge in [-0.1, -0.05) is 13.8 Å². The first-order chi connectivity index (χ1) is 9.54. The zero-order valence-electron chi connectivity index (χ0n) is 12.5. The summed E-state index contributed by atoms with van der Waals surface area (Å²) in [5, 5.41) is 5.78. The summed E-state index contributed by atoms with van der Waals surface area (Å²) in [7, 11) is 0. The number of ether oxygens (including phenoxy) is 1. The van der Waals surface area contributed by atoms with Crippen LogP contribution in [-0.4, -0.2) is 37.6 Å². The van der Waals surface area contributed by atoms with Gasteiger partial charge in [0.05, 0.1) is 6.10 Å². The minimum atomic E-state index is -0.796. The SMILES string of the molecule is CC(C)CCNC(=O)C1(C(=O)NCC2CCCO2)CC1. The second-order valence-electron chi connectivity index (χ2n) is 6.37. The highest BCUT2D eigenvalue weighted by molar-refractivity contribution is 6.07. The van der Waals surface area contributed by atoms with Gasteiger partial charge in [0.2, 0.25) is 11.8 Å². The molecule has 1 saturated heterocycles. The number of hydrogen-bond acceptors (Lipinski definition) is 3. The fraction of sp³-hybridized carbons (Fsp3) is 0.867. The number of carbonyl (C=O) groups is 2. The number of carbonyl (C=O) groups excluding carboxylic acids is 2. The molecule has 0 aromatic rings. The molecule has 5 nitrogen and oxygen atoms in total. The largest absolute Gasteiger partial charge is 0.376 e. The van der Waals surface area contributed by atoms with Gasteiger partial charge in [-0.25, -0.2) is 0 Å². The van der Waals surface area contributed by atoms with Gasteiger partial charge < -0.3 is 15.4 Å². The topological polar surface area (TPSA) is 67.4 Å². The van der Waals surface area contributed by atoms with Gasteiger partial charge in [0.25, 0.3) is 0 Å². The van der Waals surface area contributed by atoms with Crippen molar-refractivity contribution in [2.24, 2.45) is 11.3 Å². The number of amides is 2. The predicted molar refractivity (Wildman–Crippen MR) is 76.1 cm³/mol. The number of hydrogen-bond donors (Lipinski definition) is 2. The highest BCUT2D eigenvalue weighted by atomic mass is 16.5. The van der Waals surface area contributed by atoms with Crippen molar-refractivity contribution in [3.05, 3.63) is 0 Å². The number of nitrogens with one attached hydrogen (secondary N) is 2. The summed E-state index contributed by atoms with van der Waals surface area (Å²) >= 11 is 0. The van der Waals surface area contributed by atoms with Crippen LogP contribution in [0.3, 0.4) is 0 Å². The van der Waals surface area contributed by atoms with Crippen molar-refractivity contribution in [2.75, 3.05) is 19.7 Å². The quantitative estimate of drug-likeness (QED) is 0.690. The van der Waals surface area contributed by atoms with Crippen molar-refractivity contribution < 1.29 is 14.3 Å². The second-order valence-corrected chi connectivity index (χ2v) is 6.37. The maximum Gasteiger partial charge on any atom is 0.235 e. The van der Waals surface area contributed by atoms with Crippen LogP contribution in [0.5, 0.6) is 0 Å². The van der Waals surface area contributed by atoms with E-state index in [1.165, 1.54) is 0 Å². The van der Waals surface area contributed by atoms with E-state index >= 15 is 0 Å². The third-order valence-corrected chi connectivity index (χ3v) is 4.14. The maximum absolute atomic E-state index is 12.2. The van der Waals surface area contributed by atoms with Crippen molar-refractivity contribution in [2.45, 2.75) is 52.1 Å². The molecule has 0 radical (unpaired) electrons. The summed E-state index contributed by atoms with van der Waals surface area (Å²) in [5.41, 5.74) is -0.796. The predicted octanol–water partition coefficient (Wildman–Crippen LogP) is 1.22. The van der Waals surface area contributed by atoms with Crippen molar-refractivity contribution in [1.82, 2.24) is 10.6 Å². The molecule has 20 heavy (non-hydrogen) atoms. The summed E-state index contributed by atoms with van der Waals surface area (Å²) in [5.74, 6) is 0.317. The fourth-order valence-electron chi connectivity index (χ4n) is 2.51. The molecule has 2 amide bonds. The van der Waals surface area contributed by atoms with Gasteiger partial charge in [0, 0.05) is 19.7 Å². The Bertz CT molecular complexity index is 358. The van der Waals surface area contributed by atoms with E-state index in [0.717, 1.165) is 25.9 Å². The first-order valence-corrected chi connectivity index (χ1v) is 7.73. The van der Waals surface area contributed by atoms with Crippen LogP contribution in [0.2, 0.25) is 0 Å². The molecule has 0 spiro atoms. The van der Waals surface area contributed by atoms with Gasteiger partial charge in [-0.3, -0.25) is 9.59 Å². The van der Waals surface area contributed by atoms with Gasteiger partial charge in [-0.05, 0) is 38.0 Å². The number of rotatable bonds is 7. The minimum Gasteiger partial charge on any atom is -0.376 e. The zero-order chi connectivity index (χ0) is 14.6. The Morgan fingerprint density at radius 2 is 1.95 bits per heavy atom. The van der Waals surface area contributed by atoms with Gasteiger partial charge in [-0.2, -0.15) is 0 Å². The fourth-order valence-corrected chi connectivity index (χ4v) is 2.51. The molecule has 0 aromatic heterocycles. The average molecular weight is 282 g/mol.